The van der Waals surface area contributed by atoms with E-state index in [1.807, 2.05) is 0 Å². The Balaban J connectivity index is 1.68. The summed E-state index contributed by atoms with van der Waals surface area (Å²) in [7, 11) is 1.80. The van der Waals surface area contributed by atoms with Crippen LogP contribution < -0.4 is 5.32 Å². The highest BCUT2D eigenvalue weighted by Gasteiger charge is 2.18. The molecule has 0 aromatic carbocycles. The monoisotopic (exact) mass is 269 g/mol. The first kappa shape index (κ1) is 15.2. The predicted octanol–water partition coefficient (Wildman–Crippen LogP) is 1.17. The van der Waals surface area contributed by atoms with Gasteiger partial charge in [0.2, 0.25) is 0 Å². The lowest BCUT2D eigenvalue weighted by molar-refractivity contribution is 0.125. The number of piperidine rings is 1. The van der Waals surface area contributed by atoms with E-state index in [2.05, 4.69) is 15.1 Å². The van der Waals surface area contributed by atoms with Crippen LogP contribution in [0.2, 0.25) is 0 Å². The minimum atomic E-state index is 0.707. The van der Waals surface area contributed by atoms with Crippen molar-refractivity contribution in [2.45, 2.75) is 38.1 Å². The van der Waals surface area contributed by atoms with E-state index in [4.69, 9.17) is 4.74 Å². The summed E-state index contributed by atoms with van der Waals surface area (Å²) in [5.74, 6) is 0. The van der Waals surface area contributed by atoms with Crippen LogP contribution in [0.4, 0.5) is 0 Å². The molecule has 0 aliphatic carbocycles. The third-order valence-corrected chi connectivity index (χ3v) is 4.43. The third-order valence-electron chi connectivity index (χ3n) is 4.43. The number of rotatable bonds is 8. The molecule has 2 heterocycles. The van der Waals surface area contributed by atoms with Crippen LogP contribution in [0.15, 0.2) is 0 Å². The Morgan fingerprint density at radius 2 is 2.00 bits per heavy atom. The topological polar surface area (TPSA) is 27.7 Å². The minimum absolute atomic E-state index is 0.707. The lowest BCUT2D eigenvalue weighted by Gasteiger charge is -2.31. The van der Waals surface area contributed by atoms with E-state index in [1.165, 1.54) is 71.4 Å². The molecule has 2 fully saturated rings. The van der Waals surface area contributed by atoms with Crippen LogP contribution in [-0.4, -0.2) is 75.4 Å². The normalized spacial score (nSPS) is 25.3. The van der Waals surface area contributed by atoms with E-state index in [-0.39, 0.29) is 0 Å². The van der Waals surface area contributed by atoms with Crippen LogP contribution in [0.1, 0.15) is 32.1 Å². The van der Waals surface area contributed by atoms with Crippen molar-refractivity contribution in [1.29, 1.82) is 0 Å². The van der Waals surface area contributed by atoms with Gasteiger partial charge in [-0.1, -0.05) is 6.42 Å². The van der Waals surface area contributed by atoms with Gasteiger partial charge in [0.05, 0.1) is 6.61 Å². The van der Waals surface area contributed by atoms with Gasteiger partial charge in [-0.2, -0.15) is 0 Å². The Morgan fingerprint density at radius 1 is 1.16 bits per heavy atom. The molecular weight excluding hydrogens is 238 g/mol. The zero-order valence-corrected chi connectivity index (χ0v) is 12.6. The number of hydrogen-bond donors (Lipinski definition) is 1. The average Bonchev–Trinajstić information content (AvgIpc) is 2.96. The van der Waals surface area contributed by atoms with Gasteiger partial charge in [-0.05, 0) is 45.3 Å². The maximum absolute atomic E-state index is 5.25. The number of likely N-dealkylation sites (tertiary alicyclic amines) is 1. The van der Waals surface area contributed by atoms with Crippen molar-refractivity contribution in [3.63, 3.8) is 0 Å². The van der Waals surface area contributed by atoms with Gasteiger partial charge in [-0.15, -0.1) is 0 Å². The molecule has 0 radical (unpaired) electrons. The van der Waals surface area contributed by atoms with E-state index >= 15 is 0 Å². The highest BCUT2D eigenvalue weighted by molar-refractivity contribution is 4.78. The Kier molecular flexibility index (Phi) is 7.14. The average molecular weight is 269 g/mol. The van der Waals surface area contributed by atoms with Crippen LogP contribution >= 0.6 is 0 Å². The van der Waals surface area contributed by atoms with Gasteiger partial charge < -0.3 is 15.0 Å². The maximum atomic E-state index is 5.25. The molecule has 19 heavy (non-hydrogen) atoms. The van der Waals surface area contributed by atoms with Gasteiger partial charge >= 0.3 is 0 Å². The van der Waals surface area contributed by atoms with Crippen molar-refractivity contribution >= 4 is 0 Å². The van der Waals surface area contributed by atoms with E-state index < -0.39 is 0 Å². The van der Waals surface area contributed by atoms with Gasteiger partial charge in [-0.25, -0.2) is 0 Å². The second-order valence-electron chi connectivity index (χ2n) is 5.99. The third kappa shape index (κ3) is 5.78. The molecule has 0 spiro atoms. The number of nitrogens with zero attached hydrogens (tertiary/aromatic N) is 2. The fourth-order valence-corrected chi connectivity index (χ4v) is 3.20. The molecule has 0 bridgehead atoms. The maximum Gasteiger partial charge on any atom is 0.0589 e. The molecule has 1 N–H and O–H groups in total. The van der Waals surface area contributed by atoms with E-state index in [1.54, 1.807) is 7.11 Å². The quantitative estimate of drug-likeness (QED) is 0.716. The van der Waals surface area contributed by atoms with E-state index in [9.17, 15) is 0 Å². The second-order valence-corrected chi connectivity index (χ2v) is 5.99. The van der Waals surface area contributed by atoms with Crippen molar-refractivity contribution in [3.8, 4) is 0 Å². The molecule has 0 aromatic rings. The Bertz CT molecular complexity index is 225. The molecule has 4 nitrogen and oxygen atoms in total. The largest absolute Gasteiger partial charge is 0.383 e. The molecule has 112 valence electrons. The van der Waals surface area contributed by atoms with E-state index in [0.29, 0.717) is 6.04 Å². The minimum Gasteiger partial charge on any atom is -0.383 e. The molecular formula is C15H31N3O. The fourth-order valence-electron chi connectivity index (χ4n) is 3.20. The van der Waals surface area contributed by atoms with Gasteiger partial charge in [0, 0.05) is 39.3 Å². The molecule has 2 aliphatic heterocycles. The zero-order chi connectivity index (χ0) is 13.3. The number of nitrogens with one attached hydrogen (secondary N) is 1. The molecule has 4 heteroatoms. The molecule has 2 saturated heterocycles. The summed E-state index contributed by atoms with van der Waals surface area (Å²) in [6.07, 6.45) is 6.89. The van der Waals surface area contributed by atoms with Gasteiger partial charge in [0.25, 0.3) is 0 Å². The van der Waals surface area contributed by atoms with Crippen molar-refractivity contribution in [3.05, 3.63) is 0 Å². The highest BCUT2D eigenvalue weighted by atomic mass is 16.5. The fraction of sp³-hybridized carbons (Fsp3) is 1.00. The molecule has 2 rings (SSSR count). The summed E-state index contributed by atoms with van der Waals surface area (Å²) in [6, 6.07) is 0.707. The van der Waals surface area contributed by atoms with E-state index in [0.717, 1.165) is 13.2 Å². The SMILES string of the molecule is COCCN(CCN1CCCCC1)CC1CCCN1. The van der Waals surface area contributed by atoms with Crippen LogP contribution in [0.5, 0.6) is 0 Å². The van der Waals surface area contributed by atoms with Gasteiger partial charge in [0.1, 0.15) is 0 Å². The summed E-state index contributed by atoms with van der Waals surface area (Å²) >= 11 is 0. The van der Waals surface area contributed by atoms with Crippen molar-refractivity contribution in [1.82, 2.24) is 15.1 Å². The highest BCUT2D eigenvalue weighted by Crippen LogP contribution is 2.10. The summed E-state index contributed by atoms with van der Waals surface area (Å²) in [5, 5.41) is 3.61. The van der Waals surface area contributed by atoms with Crippen LogP contribution in [-0.2, 0) is 4.74 Å². The number of ether oxygens (including phenoxy) is 1. The van der Waals surface area contributed by atoms with Crippen LogP contribution in [0.3, 0.4) is 0 Å². The lowest BCUT2D eigenvalue weighted by Crippen LogP contribution is -2.43. The lowest BCUT2D eigenvalue weighted by atomic mass is 10.1. The summed E-state index contributed by atoms with van der Waals surface area (Å²) < 4.78 is 5.25. The molecule has 0 aromatic heterocycles. The Hall–Kier alpha value is -0.160. The van der Waals surface area contributed by atoms with Crippen molar-refractivity contribution < 1.29 is 4.74 Å². The smallest absolute Gasteiger partial charge is 0.0589 e. The second kappa shape index (κ2) is 8.90. The first-order valence-corrected chi connectivity index (χ1v) is 8.05. The summed E-state index contributed by atoms with van der Waals surface area (Å²) in [4.78, 5) is 5.21. The number of hydrogen-bond acceptors (Lipinski definition) is 4. The van der Waals surface area contributed by atoms with Gasteiger partial charge in [-0.3, -0.25) is 4.90 Å². The predicted molar refractivity (Wildman–Crippen MR) is 79.6 cm³/mol. The van der Waals surface area contributed by atoms with Crippen LogP contribution in [0, 0.1) is 0 Å². The summed E-state index contributed by atoms with van der Waals surface area (Å²) in [6.45, 7) is 9.36. The molecule has 2 aliphatic rings. The first-order valence-electron chi connectivity index (χ1n) is 8.05. The first-order chi connectivity index (χ1) is 9.38. The van der Waals surface area contributed by atoms with Gasteiger partial charge in [0.15, 0.2) is 0 Å². The standard InChI is InChI=1S/C15H31N3O/c1-19-13-12-18(14-15-6-5-7-16-15)11-10-17-8-3-2-4-9-17/h15-16H,2-14H2,1H3. The van der Waals surface area contributed by atoms with Crippen molar-refractivity contribution in [2.24, 2.45) is 0 Å². The Morgan fingerprint density at radius 3 is 2.68 bits per heavy atom. The number of methoxy groups -OCH3 is 1. The van der Waals surface area contributed by atoms with Crippen molar-refractivity contribution in [2.75, 3.05) is 59.5 Å². The molecule has 0 saturated carbocycles. The van der Waals surface area contributed by atoms with Crippen LogP contribution in [0.25, 0.3) is 0 Å². The summed E-state index contributed by atoms with van der Waals surface area (Å²) in [5.41, 5.74) is 0. The molecule has 1 unspecified atom stereocenters. The zero-order valence-electron chi connectivity index (χ0n) is 12.6. The molecule has 0 amide bonds. The molecule has 1 atom stereocenters. The Labute approximate surface area is 118 Å².